The second-order valence-electron chi connectivity index (χ2n) is 2.53. The van der Waals surface area contributed by atoms with Crippen LogP contribution in [0.1, 0.15) is 25.8 Å². The van der Waals surface area contributed by atoms with Crippen LogP contribution in [0, 0.1) is 0 Å². The Hall–Kier alpha value is -1.04. The van der Waals surface area contributed by atoms with E-state index in [1.54, 1.807) is 0 Å². The highest BCUT2D eigenvalue weighted by atomic mass is 14.0. The van der Waals surface area contributed by atoms with E-state index < -0.39 is 0 Å². The molecule has 1 aromatic carbocycles. The third-order valence-electron chi connectivity index (χ3n) is 1.87. The summed E-state index contributed by atoms with van der Waals surface area (Å²) in [6, 6.07) is 10.5. The van der Waals surface area contributed by atoms with Crippen LogP contribution in [0.2, 0.25) is 0 Å². The van der Waals surface area contributed by atoms with Crippen LogP contribution in [-0.2, 0) is 0 Å². The minimum Gasteiger partial charge on any atom is -0.0839 e. The number of benzene rings is 1. The fourth-order valence-electron chi connectivity index (χ4n) is 1.23. The summed E-state index contributed by atoms with van der Waals surface area (Å²) < 4.78 is 0. The molecule has 0 nitrogen and oxygen atoms in total. The summed E-state index contributed by atoms with van der Waals surface area (Å²) in [4.78, 5) is 0. The lowest BCUT2D eigenvalue weighted by Crippen LogP contribution is -1.79. The molecule has 0 bridgehead atoms. The highest BCUT2D eigenvalue weighted by Gasteiger charge is 1.93. The molecule has 11 heavy (non-hydrogen) atoms. The molecule has 1 aromatic rings. The molecule has 0 heterocycles. The molecular formula is C11H14. The molecule has 0 amide bonds. The van der Waals surface area contributed by atoms with Crippen molar-refractivity contribution in [3.05, 3.63) is 42.0 Å². The molecule has 0 radical (unpaired) electrons. The van der Waals surface area contributed by atoms with Gasteiger partial charge in [-0.1, -0.05) is 43.3 Å². The van der Waals surface area contributed by atoms with Crippen molar-refractivity contribution in [3.63, 3.8) is 0 Å². The Morgan fingerprint density at radius 1 is 1.27 bits per heavy atom. The second kappa shape index (κ2) is 3.97. The number of allylic oxidation sites excluding steroid dienone is 2. The first-order chi connectivity index (χ1) is 5.38. The Bertz CT molecular complexity index is 231. The van der Waals surface area contributed by atoms with Crippen molar-refractivity contribution in [1.82, 2.24) is 0 Å². The van der Waals surface area contributed by atoms with Crippen LogP contribution in [-0.4, -0.2) is 0 Å². The van der Waals surface area contributed by atoms with Crippen molar-refractivity contribution in [3.8, 4) is 0 Å². The first-order valence-electron chi connectivity index (χ1n) is 4.09. The van der Waals surface area contributed by atoms with E-state index in [4.69, 9.17) is 0 Å². The average Bonchev–Trinajstić information content (AvgIpc) is 2.09. The van der Waals surface area contributed by atoms with Gasteiger partial charge in [0.2, 0.25) is 0 Å². The van der Waals surface area contributed by atoms with E-state index in [-0.39, 0.29) is 0 Å². The number of hydrogen-bond donors (Lipinski definition) is 0. The summed E-state index contributed by atoms with van der Waals surface area (Å²) in [5.41, 5.74) is 2.77. The van der Waals surface area contributed by atoms with Gasteiger partial charge in [-0.3, -0.25) is 0 Å². The number of hydrogen-bond acceptors (Lipinski definition) is 0. The molecule has 0 N–H and O–H groups in total. The molecule has 0 spiro atoms. The fraction of sp³-hybridized carbons (Fsp3) is 0.273. The third-order valence-corrected chi connectivity index (χ3v) is 1.87. The summed E-state index contributed by atoms with van der Waals surface area (Å²) in [5.74, 6) is 0. The van der Waals surface area contributed by atoms with Crippen LogP contribution in [0.3, 0.4) is 0 Å². The monoisotopic (exact) mass is 146 g/mol. The molecular weight excluding hydrogens is 132 g/mol. The van der Waals surface area contributed by atoms with Gasteiger partial charge in [0.15, 0.2) is 0 Å². The van der Waals surface area contributed by atoms with Crippen LogP contribution in [0.5, 0.6) is 0 Å². The maximum absolute atomic E-state index is 2.18. The van der Waals surface area contributed by atoms with E-state index >= 15 is 0 Å². The zero-order valence-corrected chi connectivity index (χ0v) is 7.17. The van der Waals surface area contributed by atoms with Gasteiger partial charge >= 0.3 is 0 Å². The lowest BCUT2D eigenvalue weighted by molar-refractivity contribution is 1.23. The summed E-state index contributed by atoms with van der Waals surface area (Å²) >= 11 is 0. The van der Waals surface area contributed by atoms with Crippen molar-refractivity contribution in [2.24, 2.45) is 0 Å². The quantitative estimate of drug-likeness (QED) is 0.599. The zero-order valence-electron chi connectivity index (χ0n) is 7.17. The first kappa shape index (κ1) is 8.06. The Morgan fingerprint density at radius 2 is 1.91 bits per heavy atom. The molecule has 0 aliphatic heterocycles. The maximum Gasteiger partial charge on any atom is -0.0228 e. The minimum absolute atomic E-state index is 1.11. The van der Waals surface area contributed by atoms with Crippen LogP contribution in [0.4, 0.5) is 0 Å². The van der Waals surface area contributed by atoms with Gasteiger partial charge in [-0.15, -0.1) is 0 Å². The van der Waals surface area contributed by atoms with E-state index in [0.717, 1.165) is 6.42 Å². The molecule has 0 aliphatic carbocycles. The van der Waals surface area contributed by atoms with Gasteiger partial charge in [0, 0.05) is 0 Å². The molecule has 0 heteroatoms. The van der Waals surface area contributed by atoms with Crippen molar-refractivity contribution in [2.45, 2.75) is 20.3 Å². The fourth-order valence-corrected chi connectivity index (χ4v) is 1.23. The Balaban J connectivity index is 2.92. The van der Waals surface area contributed by atoms with Crippen molar-refractivity contribution >= 4 is 5.57 Å². The van der Waals surface area contributed by atoms with E-state index in [1.165, 1.54) is 11.1 Å². The summed E-state index contributed by atoms with van der Waals surface area (Å²) in [5, 5.41) is 0. The predicted octanol–water partition coefficient (Wildman–Crippen LogP) is 3.50. The lowest BCUT2D eigenvalue weighted by Gasteiger charge is -2.01. The zero-order chi connectivity index (χ0) is 8.10. The maximum atomic E-state index is 2.18. The molecule has 1 rings (SSSR count). The second-order valence-corrected chi connectivity index (χ2v) is 2.53. The van der Waals surface area contributed by atoms with Crippen molar-refractivity contribution in [1.29, 1.82) is 0 Å². The van der Waals surface area contributed by atoms with E-state index in [1.807, 2.05) is 6.07 Å². The minimum atomic E-state index is 1.11. The summed E-state index contributed by atoms with van der Waals surface area (Å²) in [7, 11) is 0. The van der Waals surface area contributed by atoms with Crippen molar-refractivity contribution in [2.75, 3.05) is 0 Å². The van der Waals surface area contributed by atoms with Gasteiger partial charge < -0.3 is 0 Å². The van der Waals surface area contributed by atoms with E-state index in [0.29, 0.717) is 0 Å². The lowest BCUT2D eigenvalue weighted by atomic mass is 10.0. The first-order valence-corrected chi connectivity index (χ1v) is 4.09. The average molecular weight is 146 g/mol. The standard InChI is InChI=1S/C11H14/c1-3-10(4-2)11-8-6-5-7-9-11/h3,5-9H,4H2,1-2H3/b10-3-. The Morgan fingerprint density at radius 3 is 2.36 bits per heavy atom. The molecule has 0 atom stereocenters. The van der Waals surface area contributed by atoms with E-state index in [2.05, 4.69) is 44.2 Å². The molecule has 0 saturated heterocycles. The summed E-state index contributed by atoms with van der Waals surface area (Å²) in [6.45, 7) is 4.27. The topological polar surface area (TPSA) is 0 Å². The van der Waals surface area contributed by atoms with Crippen LogP contribution >= 0.6 is 0 Å². The highest BCUT2D eigenvalue weighted by molar-refractivity contribution is 5.64. The van der Waals surface area contributed by atoms with Gasteiger partial charge in [0.1, 0.15) is 0 Å². The van der Waals surface area contributed by atoms with Gasteiger partial charge in [-0.05, 0) is 24.5 Å². The van der Waals surface area contributed by atoms with Gasteiger partial charge in [-0.25, -0.2) is 0 Å². The largest absolute Gasteiger partial charge is 0.0839 e. The molecule has 0 unspecified atom stereocenters. The molecule has 0 aliphatic rings. The van der Waals surface area contributed by atoms with Crippen LogP contribution in [0.15, 0.2) is 36.4 Å². The molecule has 0 saturated carbocycles. The normalized spacial score (nSPS) is 11.6. The van der Waals surface area contributed by atoms with E-state index in [9.17, 15) is 0 Å². The van der Waals surface area contributed by atoms with Crippen LogP contribution < -0.4 is 0 Å². The van der Waals surface area contributed by atoms with Crippen molar-refractivity contribution < 1.29 is 0 Å². The highest BCUT2D eigenvalue weighted by Crippen LogP contribution is 2.16. The SMILES string of the molecule is C/C=C(/CC)c1ccccc1. The smallest absolute Gasteiger partial charge is 0.0228 e. The summed E-state index contributed by atoms with van der Waals surface area (Å²) in [6.07, 6.45) is 3.29. The van der Waals surface area contributed by atoms with Crippen LogP contribution in [0.25, 0.3) is 5.57 Å². The molecule has 58 valence electrons. The third kappa shape index (κ3) is 1.94. The molecule has 0 aromatic heterocycles. The molecule has 0 fully saturated rings. The number of rotatable bonds is 2. The van der Waals surface area contributed by atoms with Gasteiger partial charge in [0.05, 0.1) is 0 Å². The predicted molar refractivity (Wildman–Crippen MR) is 50.4 cm³/mol. The Kier molecular flexibility index (Phi) is 2.91. The van der Waals surface area contributed by atoms with Gasteiger partial charge in [0.25, 0.3) is 0 Å². The Labute approximate surface area is 68.6 Å². The van der Waals surface area contributed by atoms with Gasteiger partial charge in [-0.2, -0.15) is 0 Å².